The fraction of sp³-hybridized carbons (Fsp3) is 0.538. The Kier molecular flexibility index (Phi) is 3.94. The van der Waals surface area contributed by atoms with Crippen LogP contribution < -0.4 is 5.32 Å². The zero-order valence-electron chi connectivity index (χ0n) is 10.0. The summed E-state index contributed by atoms with van der Waals surface area (Å²) < 4.78 is 26.4. The minimum atomic E-state index is -0.403. The first kappa shape index (κ1) is 12.3. The van der Waals surface area contributed by atoms with Crippen LogP contribution in [0, 0.1) is 11.6 Å². The molecule has 0 aliphatic carbocycles. The van der Waals surface area contributed by atoms with Gasteiger partial charge in [-0.1, -0.05) is 6.92 Å². The fourth-order valence-electron chi connectivity index (χ4n) is 2.22. The van der Waals surface area contributed by atoms with Crippen molar-refractivity contribution in [1.29, 1.82) is 0 Å². The van der Waals surface area contributed by atoms with Gasteiger partial charge >= 0.3 is 0 Å². The van der Waals surface area contributed by atoms with Gasteiger partial charge in [0.05, 0.1) is 5.69 Å². The molecular formula is C13H18F2N2. The largest absolute Gasteiger partial charge is 0.380 e. The van der Waals surface area contributed by atoms with Gasteiger partial charge in [0.1, 0.15) is 11.6 Å². The molecule has 0 bridgehead atoms. The second-order valence-electron chi connectivity index (χ2n) is 4.48. The van der Waals surface area contributed by atoms with E-state index in [2.05, 4.69) is 17.1 Å². The van der Waals surface area contributed by atoms with E-state index in [-0.39, 0.29) is 17.5 Å². The molecule has 1 heterocycles. The quantitative estimate of drug-likeness (QED) is 0.874. The van der Waals surface area contributed by atoms with Crippen LogP contribution in [-0.4, -0.2) is 30.6 Å². The summed E-state index contributed by atoms with van der Waals surface area (Å²) in [6.07, 6.45) is 1.95. The lowest BCUT2D eigenvalue weighted by Gasteiger charge is -2.32. The second kappa shape index (κ2) is 5.45. The average Bonchev–Trinajstić information content (AvgIpc) is 2.35. The van der Waals surface area contributed by atoms with E-state index in [4.69, 9.17) is 0 Å². The molecular weight excluding hydrogens is 222 g/mol. The first-order chi connectivity index (χ1) is 8.19. The summed E-state index contributed by atoms with van der Waals surface area (Å²) in [5, 5.41) is 3.09. The highest BCUT2D eigenvalue weighted by atomic mass is 19.1. The van der Waals surface area contributed by atoms with Crippen LogP contribution in [-0.2, 0) is 0 Å². The number of likely N-dealkylation sites (tertiary alicyclic amines) is 1. The Bertz CT molecular complexity index is 374. The van der Waals surface area contributed by atoms with Crippen molar-refractivity contribution in [3.05, 3.63) is 29.8 Å². The maximum Gasteiger partial charge on any atom is 0.146 e. The van der Waals surface area contributed by atoms with Crippen molar-refractivity contribution >= 4 is 5.69 Å². The van der Waals surface area contributed by atoms with Crippen LogP contribution in [0.1, 0.15) is 19.8 Å². The monoisotopic (exact) mass is 240 g/mol. The van der Waals surface area contributed by atoms with Gasteiger partial charge < -0.3 is 10.2 Å². The molecule has 1 aliphatic heterocycles. The van der Waals surface area contributed by atoms with E-state index in [0.717, 1.165) is 38.5 Å². The summed E-state index contributed by atoms with van der Waals surface area (Å²) in [6, 6.07) is 3.77. The molecule has 17 heavy (non-hydrogen) atoms. The number of benzene rings is 1. The van der Waals surface area contributed by atoms with E-state index in [0.29, 0.717) is 0 Å². The Morgan fingerprint density at radius 2 is 2.00 bits per heavy atom. The van der Waals surface area contributed by atoms with Gasteiger partial charge in [0.2, 0.25) is 0 Å². The van der Waals surface area contributed by atoms with Gasteiger partial charge in [-0.25, -0.2) is 8.78 Å². The molecule has 94 valence electrons. The van der Waals surface area contributed by atoms with Crippen LogP contribution in [0.5, 0.6) is 0 Å². The minimum absolute atomic E-state index is 0.245. The Morgan fingerprint density at radius 3 is 2.65 bits per heavy atom. The number of nitrogens with one attached hydrogen (secondary N) is 1. The van der Waals surface area contributed by atoms with Crippen LogP contribution in [0.2, 0.25) is 0 Å². The average molecular weight is 240 g/mol. The second-order valence-corrected chi connectivity index (χ2v) is 4.48. The number of nitrogens with zero attached hydrogens (tertiary/aromatic N) is 1. The van der Waals surface area contributed by atoms with Gasteiger partial charge in [0.25, 0.3) is 0 Å². The van der Waals surface area contributed by atoms with E-state index in [9.17, 15) is 8.78 Å². The van der Waals surface area contributed by atoms with Gasteiger partial charge in [-0.05, 0) is 37.6 Å². The number of rotatable bonds is 3. The van der Waals surface area contributed by atoms with E-state index < -0.39 is 5.82 Å². The SMILES string of the molecule is CCN1CCC(Nc2cc(F)ccc2F)CC1. The smallest absolute Gasteiger partial charge is 0.146 e. The van der Waals surface area contributed by atoms with Crippen molar-refractivity contribution in [2.45, 2.75) is 25.8 Å². The molecule has 1 fully saturated rings. The van der Waals surface area contributed by atoms with Gasteiger partial charge in [0, 0.05) is 19.1 Å². The van der Waals surface area contributed by atoms with Gasteiger partial charge in [-0.2, -0.15) is 0 Å². The summed E-state index contributed by atoms with van der Waals surface area (Å²) in [7, 11) is 0. The standard InChI is InChI=1S/C13H18F2N2/c1-2-17-7-5-11(6-8-17)16-13-9-10(14)3-4-12(13)15/h3-4,9,11,16H,2,5-8H2,1H3. The van der Waals surface area contributed by atoms with Gasteiger partial charge in [-0.3, -0.25) is 0 Å². The van der Waals surface area contributed by atoms with Crippen molar-refractivity contribution in [1.82, 2.24) is 4.90 Å². The van der Waals surface area contributed by atoms with Crippen LogP contribution in [0.3, 0.4) is 0 Å². The molecule has 1 aromatic rings. The zero-order valence-corrected chi connectivity index (χ0v) is 10.0. The Morgan fingerprint density at radius 1 is 1.29 bits per heavy atom. The maximum atomic E-state index is 13.4. The van der Waals surface area contributed by atoms with Gasteiger partial charge in [0.15, 0.2) is 0 Å². The van der Waals surface area contributed by atoms with E-state index >= 15 is 0 Å². The highest BCUT2D eigenvalue weighted by Crippen LogP contribution is 2.20. The third kappa shape index (κ3) is 3.16. The van der Waals surface area contributed by atoms with Crippen LogP contribution in [0.25, 0.3) is 0 Å². The molecule has 0 atom stereocenters. The predicted octanol–water partition coefficient (Wildman–Crippen LogP) is 2.86. The van der Waals surface area contributed by atoms with Gasteiger partial charge in [-0.15, -0.1) is 0 Å². The lowest BCUT2D eigenvalue weighted by molar-refractivity contribution is 0.229. The molecule has 0 spiro atoms. The molecule has 0 saturated carbocycles. The van der Waals surface area contributed by atoms with Crippen molar-refractivity contribution in [2.24, 2.45) is 0 Å². The van der Waals surface area contributed by atoms with E-state index in [1.165, 1.54) is 12.1 Å². The first-order valence-corrected chi connectivity index (χ1v) is 6.13. The molecule has 0 unspecified atom stereocenters. The minimum Gasteiger partial charge on any atom is -0.380 e. The van der Waals surface area contributed by atoms with Crippen molar-refractivity contribution in [2.75, 3.05) is 25.0 Å². The number of piperidine rings is 1. The molecule has 0 amide bonds. The molecule has 0 aromatic heterocycles. The summed E-state index contributed by atoms with van der Waals surface area (Å²) in [6.45, 7) is 5.23. The molecule has 1 saturated heterocycles. The molecule has 2 rings (SSSR count). The molecule has 1 aromatic carbocycles. The highest BCUT2D eigenvalue weighted by Gasteiger charge is 2.18. The molecule has 2 nitrogen and oxygen atoms in total. The lowest BCUT2D eigenvalue weighted by atomic mass is 10.0. The molecule has 4 heteroatoms. The maximum absolute atomic E-state index is 13.4. The third-order valence-corrected chi connectivity index (χ3v) is 3.32. The Hall–Kier alpha value is -1.16. The summed E-state index contributed by atoms with van der Waals surface area (Å²) in [5.41, 5.74) is 0.278. The summed E-state index contributed by atoms with van der Waals surface area (Å²) >= 11 is 0. The number of hydrogen-bond acceptors (Lipinski definition) is 2. The van der Waals surface area contributed by atoms with E-state index in [1.54, 1.807) is 0 Å². The van der Waals surface area contributed by atoms with Crippen molar-refractivity contribution < 1.29 is 8.78 Å². The van der Waals surface area contributed by atoms with Crippen LogP contribution in [0.4, 0.5) is 14.5 Å². The zero-order chi connectivity index (χ0) is 12.3. The third-order valence-electron chi connectivity index (χ3n) is 3.32. The number of hydrogen-bond donors (Lipinski definition) is 1. The van der Waals surface area contributed by atoms with Crippen LogP contribution >= 0.6 is 0 Å². The molecule has 1 N–H and O–H groups in total. The van der Waals surface area contributed by atoms with Crippen molar-refractivity contribution in [3.63, 3.8) is 0 Å². The predicted molar refractivity (Wildman–Crippen MR) is 65.1 cm³/mol. The molecule has 0 radical (unpaired) electrons. The normalized spacial score (nSPS) is 18.3. The fourth-order valence-corrected chi connectivity index (χ4v) is 2.22. The Balaban J connectivity index is 1.95. The number of anilines is 1. The first-order valence-electron chi connectivity index (χ1n) is 6.13. The topological polar surface area (TPSA) is 15.3 Å². The summed E-state index contributed by atoms with van der Waals surface area (Å²) in [4.78, 5) is 2.36. The molecule has 1 aliphatic rings. The lowest BCUT2D eigenvalue weighted by Crippen LogP contribution is -2.39. The van der Waals surface area contributed by atoms with Crippen molar-refractivity contribution in [3.8, 4) is 0 Å². The number of halogens is 2. The Labute approximate surface area is 101 Å². The van der Waals surface area contributed by atoms with Crippen LogP contribution in [0.15, 0.2) is 18.2 Å². The summed E-state index contributed by atoms with van der Waals surface area (Å²) in [5.74, 6) is -0.788. The highest BCUT2D eigenvalue weighted by molar-refractivity contribution is 5.45. The van der Waals surface area contributed by atoms with E-state index in [1.807, 2.05) is 0 Å².